The highest BCUT2D eigenvalue weighted by Gasteiger charge is 2.33. The summed E-state index contributed by atoms with van der Waals surface area (Å²) >= 11 is 0. The van der Waals surface area contributed by atoms with Gasteiger partial charge in [0.1, 0.15) is 18.5 Å². The largest absolute Gasteiger partial charge is 0.490 e. The van der Waals surface area contributed by atoms with Gasteiger partial charge in [0.15, 0.2) is 0 Å². The molecule has 33 heavy (non-hydrogen) atoms. The average Bonchev–Trinajstić information content (AvgIpc) is 2.80. The second-order valence-electron chi connectivity index (χ2n) is 9.55. The molecule has 4 rings (SSSR count). The minimum atomic E-state index is -0.972. The van der Waals surface area contributed by atoms with Crippen molar-refractivity contribution in [2.75, 3.05) is 13.1 Å². The van der Waals surface area contributed by atoms with Gasteiger partial charge < -0.3 is 14.9 Å². The smallest absolute Gasteiger partial charge is 0.325 e. The van der Waals surface area contributed by atoms with Gasteiger partial charge in [0.05, 0.1) is 12.0 Å². The van der Waals surface area contributed by atoms with E-state index in [1.54, 1.807) is 18.2 Å². The van der Waals surface area contributed by atoms with Crippen LogP contribution in [-0.4, -0.2) is 46.2 Å². The SMILES string of the molecule is CC1CCC(Oc2ccc3cc(C(C(=O)O)N4CCC(C(=O)O)CC4)ccc3c2CF)CC1. The lowest BCUT2D eigenvalue weighted by Gasteiger charge is -2.34. The van der Waals surface area contributed by atoms with Crippen molar-refractivity contribution in [2.45, 2.75) is 64.3 Å². The van der Waals surface area contributed by atoms with Crippen molar-refractivity contribution >= 4 is 22.7 Å². The summed E-state index contributed by atoms with van der Waals surface area (Å²) in [5.41, 5.74) is 1.12. The molecule has 2 N–H and O–H groups in total. The number of hydrogen-bond acceptors (Lipinski definition) is 4. The molecule has 0 aromatic heterocycles. The predicted octanol–water partition coefficient (Wildman–Crippen LogP) is 5.19. The lowest BCUT2D eigenvalue weighted by atomic mass is 9.89. The number of hydrogen-bond donors (Lipinski definition) is 2. The maximum Gasteiger partial charge on any atom is 0.325 e. The summed E-state index contributed by atoms with van der Waals surface area (Å²) in [4.78, 5) is 25.2. The topological polar surface area (TPSA) is 87.1 Å². The third-order valence-corrected chi connectivity index (χ3v) is 7.30. The number of fused-ring (bicyclic) bond motifs is 1. The summed E-state index contributed by atoms with van der Waals surface area (Å²) in [6.07, 6.45) is 5.15. The Kier molecular flexibility index (Phi) is 7.17. The van der Waals surface area contributed by atoms with E-state index in [1.165, 1.54) is 0 Å². The number of halogens is 1. The molecule has 2 aliphatic rings. The number of carboxylic acids is 2. The zero-order valence-electron chi connectivity index (χ0n) is 19.0. The van der Waals surface area contributed by atoms with Crippen LogP contribution in [0.4, 0.5) is 4.39 Å². The van der Waals surface area contributed by atoms with Crippen LogP contribution in [0.15, 0.2) is 30.3 Å². The Bertz CT molecular complexity index is 1010. The average molecular weight is 458 g/mol. The highest BCUT2D eigenvalue weighted by molar-refractivity contribution is 5.89. The fourth-order valence-electron chi connectivity index (χ4n) is 5.25. The van der Waals surface area contributed by atoms with Crippen LogP contribution >= 0.6 is 0 Å². The fourth-order valence-corrected chi connectivity index (χ4v) is 5.25. The number of piperidine rings is 1. The monoisotopic (exact) mass is 457 g/mol. The number of carboxylic acid groups (broad SMARTS) is 2. The molecule has 1 saturated carbocycles. The van der Waals surface area contributed by atoms with Crippen molar-refractivity contribution in [3.63, 3.8) is 0 Å². The predicted molar refractivity (Wildman–Crippen MR) is 123 cm³/mol. The minimum absolute atomic E-state index is 0.105. The number of likely N-dealkylation sites (tertiary alicyclic amines) is 1. The normalized spacial score (nSPS) is 23.3. The molecule has 7 heteroatoms. The van der Waals surface area contributed by atoms with Gasteiger partial charge in [0.2, 0.25) is 0 Å². The molecule has 1 saturated heterocycles. The Labute approximate surface area is 193 Å². The fraction of sp³-hybridized carbons (Fsp3) is 0.538. The molecule has 2 aromatic rings. The maximum absolute atomic E-state index is 14.1. The van der Waals surface area contributed by atoms with E-state index in [4.69, 9.17) is 4.74 Å². The standard InChI is InChI=1S/C26H32FNO5/c1-16-2-6-20(7-3-16)33-23-9-5-18-14-19(4-8-21(18)22(23)15-27)24(26(31)32)28-12-10-17(11-13-28)25(29)30/h4-5,8-9,14,16-17,20,24H,2-3,6-7,10-13,15H2,1H3,(H,29,30)(H,31,32). The van der Waals surface area contributed by atoms with Gasteiger partial charge in [0.25, 0.3) is 0 Å². The molecule has 1 atom stereocenters. The van der Waals surface area contributed by atoms with E-state index in [9.17, 15) is 24.2 Å². The van der Waals surface area contributed by atoms with Crippen molar-refractivity contribution in [2.24, 2.45) is 11.8 Å². The van der Waals surface area contributed by atoms with E-state index >= 15 is 0 Å². The van der Waals surface area contributed by atoms with E-state index in [-0.39, 0.29) is 6.10 Å². The molecule has 1 unspecified atom stereocenters. The van der Waals surface area contributed by atoms with Crippen molar-refractivity contribution in [3.8, 4) is 5.75 Å². The Morgan fingerprint density at radius 2 is 1.76 bits per heavy atom. The zero-order chi connectivity index (χ0) is 23.5. The van der Waals surface area contributed by atoms with Crippen molar-refractivity contribution in [1.82, 2.24) is 4.90 Å². The third kappa shape index (κ3) is 5.13. The second kappa shape index (κ2) is 10.1. The molecule has 0 amide bonds. The van der Waals surface area contributed by atoms with Crippen molar-refractivity contribution in [1.29, 1.82) is 0 Å². The number of rotatable bonds is 7. The summed E-state index contributed by atoms with van der Waals surface area (Å²) in [5.74, 6) is -0.947. The van der Waals surface area contributed by atoms with E-state index in [2.05, 4.69) is 6.92 Å². The Balaban J connectivity index is 1.58. The quantitative estimate of drug-likeness (QED) is 0.595. The van der Waals surface area contributed by atoms with E-state index in [0.29, 0.717) is 48.7 Å². The first kappa shape index (κ1) is 23.5. The Morgan fingerprint density at radius 3 is 2.36 bits per heavy atom. The van der Waals surface area contributed by atoms with Crippen molar-refractivity contribution < 1.29 is 28.9 Å². The van der Waals surface area contributed by atoms with Gasteiger partial charge in [-0.25, -0.2) is 4.39 Å². The van der Waals surface area contributed by atoms with Crippen LogP contribution in [0.5, 0.6) is 5.75 Å². The Morgan fingerprint density at radius 1 is 1.06 bits per heavy atom. The zero-order valence-corrected chi connectivity index (χ0v) is 19.0. The van der Waals surface area contributed by atoms with Crippen LogP contribution in [-0.2, 0) is 16.3 Å². The second-order valence-corrected chi connectivity index (χ2v) is 9.55. The summed E-state index contributed by atoms with van der Waals surface area (Å²) in [7, 11) is 0. The van der Waals surface area contributed by atoms with Gasteiger partial charge in [-0.2, -0.15) is 0 Å². The first-order chi connectivity index (χ1) is 15.9. The van der Waals surface area contributed by atoms with Crippen LogP contribution in [0.3, 0.4) is 0 Å². The molecule has 1 aliphatic carbocycles. The number of carbonyl (C=O) groups is 2. The molecule has 2 fully saturated rings. The molecule has 2 aromatic carbocycles. The lowest BCUT2D eigenvalue weighted by Crippen LogP contribution is -2.41. The summed E-state index contributed by atoms with van der Waals surface area (Å²) in [6.45, 7) is 2.42. The molecule has 178 valence electrons. The first-order valence-corrected chi connectivity index (χ1v) is 11.8. The highest BCUT2D eigenvalue weighted by Crippen LogP contribution is 2.35. The maximum atomic E-state index is 14.1. The van der Waals surface area contributed by atoms with Crippen LogP contribution in [0, 0.1) is 11.8 Å². The highest BCUT2D eigenvalue weighted by atomic mass is 19.1. The van der Waals surface area contributed by atoms with E-state index in [0.717, 1.165) is 36.5 Å². The van der Waals surface area contributed by atoms with Gasteiger partial charge in [-0.15, -0.1) is 0 Å². The molecule has 0 spiro atoms. The molecule has 0 radical (unpaired) electrons. The Hall–Kier alpha value is -2.67. The minimum Gasteiger partial charge on any atom is -0.490 e. The molecular weight excluding hydrogens is 425 g/mol. The van der Waals surface area contributed by atoms with Crippen LogP contribution < -0.4 is 4.74 Å². The number of ether oxygens (including phenoxy) is 1. The van der Waals surface area contributed by atoms with Gasteiger partial charge >= 0.3 is 11.9 Å². The number of aliphatic carboxylic acids is 2. The molecular formula is C26H32FNO5. The molecule has 0 bridgehead atoms. The number of nitrogens with zero attached hydrogens (tertiary/aromatic N) is 1. The first-order valence-electron chi connectivity index (χ1n) is 11.8. The van der Waals surface area contributed by atoms with Gasteiger partial charge in [-0.1, -0.05) is 25.1 Å². The van der Waals surface area contributed by atoms with Gasteiger partial charge in [-0.3, -0.25) is 14.5 Å². The van der Waals surface area contributed by atoms with Crippen LogP contribution in [0.1, 0.15) is 62.6 Å². The number of benzene rings is 2. The van der Waals surface area contributed by atoms with E-state index in [1.807, 2.05) is 17.0 Å². The van der Waals surface area contributed by atoms with Gasteiger partial charge in [0, 0.05) is 18.7 Å². The molecule has 6 nitrogen and oxygen atoms in total. The van der Waals surface area contributed by atoms with Gasteiger partial charge in [-0.05, 0) is 72.9 Å². The molecule has 1 heterocycles. The van der Waals surface area contributed by atoms with E-state index < -0.39 is 30.6 Å². The summed E-state index contributed by atoms with van der Waals surface area (Å²) in [5, 5.41) is 20.7. The summed E-state index contributed by atoms with van der Waals surface area (Å²) < 4.78 is 20.3. The van der Waals surface area contributed by atoms with Crippen LogP contribution in [0.25, 0.3) is 10.8 Å². The molecule has 1 aliphatic heterocycles. The summed E-state index contributed by atoms with van der Waals surface area (Å²) in [6, 6.07) is 8.15. The van der Waals surface area contributed by atoms with Crippen molar-refractivity contribution in [3.05, 3.63) is 41.5 Å². The lowest BCUT2D eigenvalue weighted by molar-refractivity contribution is -0.146. The third-order valence-electron chi connectivity index (χ3n) is 7.30. The van der Waals surface area contributed by atoms with Crippen LogP contribution in [0.2, 0.25) is 0 Å². The number of alkyl halides is 1.